The van der Waals surface area contributed by atoms with E-state index in [4.69, 9.17) is 11.5 Å². The highest BCUT2D eigenvalue weighted by Gasteiger charge is 2.29. The maximum absolute atomic E-state index is 13.7. The van der Waals surface area contributed by atoms with Gasteiger partial charge in [0.1, 0.15) is 17.8 Å². The summed E-state index contributed by atoms with van der Waals surface area (Å²) in [5.74, 6) is 0.653. The van der Waals surface area contributed by atoms with E-state index in [-0.39, 0.29) is 5.82 Å². The van der Waals surface area contributed by atoms with Crippen LogP contribution in [0.25, 0.3) is 32.8 Å². The van der Waals surface area contributed by atoms with Gasteiger partial charge in [-0.25, -0.2) is 19.3 Å². The molecule has 1 aliphatic carbocycles. The fourth-order valence-electron chi connectivity index (χ4n) is 5.48. The van der Waals surface area contributed by atoms with E-state index in [2.05, 4.69) is 43.8 Å². The Morgan fingerprint density at radius 3 is 2.79 bits per heavy atom. The van der Waals surface area contributed by atoms with Crippen molar-refractivity contribution in [3.63, 3.8) is 0 Å². The molecule has 0 aliphatic heterocycles. The van der Waals surface area contributed by atoms with Crippen molar-refractivity contribution in [3.8, 4) is 0 Å². The van der Waals surface area contributed by atoms with E-state index in [1.807, 2.05) is 18.2 Å². The number of hydrogen-bond donors (Lipinski definition) is 2. The minimum absolute atomic E-state index is 0.0473. The maximum atomic E-state index is 13.7. The Hall–Kier alpha value is -3.74. The summed E-state index contributed by atoms with van der Waals surface area (Å²) in [6.07, 6.45) is 7.05. The first-order chi connectivity index (χ1) is 16.1. The molecule has 0 amide bonds. The lowest BCUT2D eigenvalue weighted by Gasteiger charge is -2.16. The summed E-state index contributed by atoms with van der Waals surface area (Å²) in [6.45, 7) is 0. The van der Waals surface area contributed by atoms with E-state index in [1.165, 1.54) is 23.6 Å². The number of aryl methyl sites for hydroxylation is 1. The highest BCUT2D eigenvalue weighted by molar-refractivity contribution is 6.11. The second kappa shape index (κ2) is 7.69. The zero-order valence-corrected chi connectivity index (χ0v) is 18.2. The number of rotatable bonds is 4. The Morgan fingerprint density at radius 1 is 1.00 bits per heavy atom. The molecule has 2 unspecified atom stereocenters. The molecule has 0 bridgehead atoms. The lowest BCUT2D eigenvalue weighted by atomic mass is 9.97. The molecule has 3 heterocycles. The number of anilines is 2. The molecule has 1 aliphatic rings. The number of hydrogen-bond acceptors (Lipinski definition) is 5. The molecule has 0 radical (unpaired) electrons. The number of nitrogens with two attached hydrogens (primary N) is 2. The highest BCUT2D eigenvalue weighted by atomic mass is 19.1. The molecule has 2 atom stereocenters. The van der Waals surface area contributed by atoms with Gasteiger partial charge in [0.15, 0.2) is 11.6 Å². The van der Waals surface area contributed by atoms with Gasteiger partial charge in [-0.2, -0.15) is 0 Å². The van der Waals surface area contributed by atoms with Crippen LogP contribution in [0.1, 0.15) is 37.3 Å². The molecule has 5 aromatic rings. The van der Waals surface area contributed by atoms with Crippen LogP contribution in [-0.2, 0) is 6.42 Å². The lowest BCUT2D eigenvalue weighted by Crippen LogP contribution is -2.07. The van der Waals surface area contributed by atoms with Crippen LogP contribution in [0.4, 0.5) is 16.0 Å². The number of aromatic nitrogens is 4. The molecule has 7 heteroatoms. The van der Waals surface area contributed by atoms with Crippen LogP contribution in [0.5, 0.6) is 0 Å². The van der Waals surface area contributed by atoms with E-state index in [0.717, 1.165) is 53.0 Å². The Morgan fingerprint density at radius 2 is 1.88 bits per heavy atom. The van der Waals surface area contributed by atoms with Gasteiger partial charge in [0.2, 0.25) is 0 Å². The molecule has 3 aromatic heterocycles. The lowest BCUT2D eigenvalue weighted by molar-refractivity contribution is 0.466. The number of nitrogen functional groups attached to an aromatic ring is 2. The van der Waals surface area contributed by atoms with Crippen molar-refractivity contribution in [1.82, 2.24) is 19.5 Å². The first-order valence-electron chi connectivity index (χ1n) is 11.4. The number of halogens is 1. The molecular formula is C26H25FN6. The molecule has 6 nitrogen and oxygen atoms in total. The van der Waals surface area contributed by atoms with Gasteiger partial charge in [0.25, 0.3) is 0 Å². The topological polar surface area (TPSA) is 95.6 Å². The standard InChI is InChI=1S/C26H25FN6/c27-20-13-17-9-7-16(12-21(17)32-24(20)28)6-5-15-8-10-18(11-15)33-22-4-2-1-3-19(22)23-25(29)30-14-31-26(23)33/h1-4,7,9,12-15,18H,5-6,8,10-11H2,(H2,28,32)(H2,29,30,31). The Kier molecular flexibility index (Phi) is 4.64. The van der Waals surface area contributed by atoms with E-state index < -0.39 is 5.82 Å². The molecule has 4 N–H and O–H groups in total. The summed E-state index contributed by atoms with van der Waals surface area (Å²) in [4.78, 5) is 13.0. The number of benzene rings is 2. The zero-order chi connectivity index (χ0) is 22.5. The van der Waals surface area contributed by atoms with E-state index in [0.29, 0.717) is 17.8 Å². The molecule has 166 valence electrons. The second-order valence-corrected chi connectivity index (χ2v) is 9.10. The molecule has 0 spiro atoms. The van der Waals surface area contributed by atoms with Crippen LogP contribution >= 0.6 is 0 Å². The Bertz CT molecular complexity index is 1510. The average Bonchev–Trinajstić information content (AvgIpc) is 3.41. The van der Waals surface area contributed by atoms with Crippen LogP contribution in [-0.4, -0.2) is 19.5 Å². The first kappa shape index (κ1) is 19.9. The van der Waals surface area contributed by atoms with Crippen molar-refractivity contribution in [2.75, 3.05) is 11.5 Å². The number of pyridine rings is 1. The number of para-hydroxylation sites is 1. The average molecular weight is 441 g/mol. The largest absolute Gasteiger partial charge is 0.383 e. The molecule has 2 aromatic carbocycles. The molecule has 6 rings (SSSR count). The van der Waals surface area contributed by atoms with Gasteiger partial charge in [-0.15, -0.1) is 0 Å². The van der Waals surface area contributed by atoms with Crippen molar-refractivity contribution in [1.29, 1.82) is 0 Å². The zero-order valence-electron chi connectivity index (χ0n) is 18.2. The van der Waals surface area contributed by atoms with Crippen molar-refractivity contribution in [2.45, 2.75) is 38.1 Å². The smallest absolute Gasteiger partial charge is 0.165 e. The fraction of sp³-hybridized carbons (Fsp3) is 0.269. The molecule has 1 fully saturated rings. The predicted octanol–water partition coefficient (Wildman–Crippen LogP) is 5.41. The normalized spacial score (nSPS) is 18.6. The monoisotopic (exact) mass is 440 g/mol. The molecular weight excluding hydrogens is 415 g/mol. The van der Waals surface area contributed by atoms with E-state index >= 15 is 0 Å². The van der Waals surface area contributed by atoms with Crippen LogP contribution in [0, 0.1) is 11.7 Å². The van der Waals surface area contributed by atoms with Crippen LogP contribution in [0.15, 0.2) is 54.9 Å². The summed E-state index contributed by atoms with van der Waals surface area (Å²) in [5, 5.41) is 2.85. The minimum Gasteiger partial charge on any atom is -0.383 e. The van der Waals surface area contributed by atoms with Gasteiger partial charge in [0, 0.05) is 16.8 Å². The predicted molar refractivity (Wildman–Crippen MR) is 130 cm³/mol. The van der Waals surface area contributed by atoms with Gasteiger partial charge in [-0.05, 0) is 61.8 Å². The Balaban J connectivity index is 1.23. The summed E-state index contributed by atoms with van der Waals surface area (Å²) in [6, 6.07) is 16.2. The maximum Gasteiger partial charge on any atom is 0.165 e. The van der Waals surface area contributed by atoms with Crippen LogP contribution in [0.2, 0.25) is 0 Å². The second-order valence-electron chi connectivity index (χ2n) is 9.10. The minimum atomic E-state index is -0.468. The van der Waals surface area contributed by atoms with Gasteiger partial charge >= 0.3 is 0 Å². The van der Waals surface area contributed by atoms with Gasteiger partial charge in [-0.3, -0.25) is 0 Å². The van der Waals surface area contributed by atoms with Crippen LogP contribution < -0.4 is 11.5 Å². The summed E-state index contributed by atoms with van der Waals surface area (Å²) in [5.41, 5.74) is 16.0. The van der Waals surface area contributed by atoms with Crippen molar-refractivity contribution in [3.05, 3.63) is 66.2 Å². The molecule has 33 heavy (non-hydrogen) atoms. The van der Waals surface area contributed by atoms with Gasteiger partial charge in [-0.1, -0.05) is 30.3 Å². The third-order valence-electron chi connectivity index (χ3n) is 7.10. The summed E-state index contributed by atoms with van der Waals surface area (Å²) >= 11 is 0. The first-order valence-corrected chi connectivity index (χ1v) is 11.4. The Labute approximate surface area is 190 Å². The van der Waals surface area contributed by atoms with Gasteiger partial charge < -0.3 is 16.0 Å². The number of nitrogens with zero attached hydrogens (tertiary/aromatic N) is 4. The summed E-state index contributed by atoms with van der Waals surface area (Å²) < 4.78 is 16.0. The van der Waals surface area contributed by atoms with Crippen molar-refractivity contribution in [2.24, 2.45) is 5.92 Å². The van der Waals surface area contributed by atoms with Crippen LogP contribution in [0.3, 0.4) is 0 Å². The quantitative estimate of drug-likeness (QED) is 0.390. The van der Waals surface area contributed by atoms with Crippen molar-refractivity contribution >= 4 is 44.5 Å². The SMILES string of the molecule is Nc1nc2cc(CCC3CCC(n4c5ccccc5c5c(N)ncnc54)C3)ccc2cc1F. The van der Waals surface area contributed by atoms with E-state index in [1.54, 1.807) is 6.33 Å². The highest BCUT2D eigenvalue weighted by Crippen LogP contribution is 2.42. The number of fused-ring (bicyclic) bond motifs is 4. The fourth-order valence-corrected chi connectivity index (χ4v) is 5.48. The third-order valence-corrected chi connectivity index (χ3v) is 7.10. The molecule has 0 saturated heterocycles. The van der Waals surface area contributed by atoms with Gasteiger partial charge in [0.05, 0.1) is 16.4 Å². The summed E-state index contributed by atoms with van der Waals surface area (Å²) in [7, 11) is 0. The van der Waals surface area contributed by atoms with E-state index in [9.17, 15) is 4.39 Å². The van der Waals surface area contributed by atoms with Crippen molar-refractivity contribution < 1.29 is 4.39 Å². The molecule has 1 saturated carbocycles. The third kappa shape index (κ3) is 3.35.